The third kappa shape index (κ3) is 3.55. The molecule has 0 spiro atoms. The number of carbonyl (C=O) groups excluding carboxylic acids is 1. The van der Waals surface area contributed by atoms with E-state index in [1.807, 2.05) is 13.8 Å². The van der Waals surface area contributed by atoms with E-state index in [-0.39, 0.29) is 0 Å². The summed E-state index contributed by atoms with van der Waals surface area (Å²) in [6.07, 6.45) is 1.91. The van der Waals surface area contributed by atoms with Gasteiger partial charge in [0, 0.05) is 4.88 Å². The van der Waals surface area contributed by atoms with Gasteiger partial charge >= 0.3 is 0 Å². The summed E-state index contributed by atoms with van der Waals surface area (Å²) < 4.78 is 0. The van der Waals surface area contributed by atoms with Crippen molar-refractivity contribution in [3.8, 4) is 0 Å². The SMILES string of the molecule is CC.CCCc1scnc1C(N)=O. The topological polar surface area (TPSA) is 56.0 Å². The van der Waals surface area contributed by atoms with Crippen molar-refractivity contribution >= 4 is 17.2 Å². The molecule has 0 aliphatic heterocycles. The molecule has 1 amide bonds. The van der Waals surface area contributed by atoms with Crippen LogP contribution in [-0.4, -0.2) is 10.9 Å². The minimum Gasteiger partial charge on any atom is -0.364 e. The summed E-state index contributed by atoms with van der Waals surface area (Å²) >= 11 is 1.49. The number of hydrogen-bond donors (Lipinski definition) is 1. The van der Waals surface area contributed by atoms with Crippen LogP contribution in [0.25, 0.3) is 0 Å². The van der Waals surface area contributed by atoms with Crippen molar-refractivity contribution in [2.24, 2.45) is 5.73 Å². The zero-order chi connectivity index (χ0) is 10.3. The Kier molecular flexibility index (Phi) is 6.14. The molecule has 0 radical (unpaired) electrons. The van der Waals surface area contributed by atoms with Gasteiger partial charge in [-0.3, -0.25) is 4.79 Å². The van der Waals surface area contributed by atoms with Crippen LogP contribution >= 0.6 is 11.3 Å². The van der Waals surface area contributed by atoms with Crippen molar-refractivity contribution in [1.82, 2.24) is 4.98 Å². The maximum absolute atomic E-state index is 10.7. The zero-order valence-electron chi connectivity index (χ0n) is 8.33. The van der Waals surface area contributed by atoms with Crippen LogP contribution in [0.1, 0.15) is 42.6 Å². The fourth-order valence-electron chi connectivity index (χ4n) is 0.876. The lowest BCUT2D eigenvalue weighted by molar-refractivity contribution is 0.0995. The van der Waals surface area contributed by atoms with Crippen LogP contribution in [-0.2, 0) is 6.42 Å². The number of amides is 1. The molecule has 0 bridgehead atoms. The summed E-state index contributed by atoms with van der Waals surface area (Å²) in [7, 11) is 0. The summed E-state index contributed by atoms with van der Waals surface area (Å²) in [6, 6.07) is 0. The predicted molar refractivity (Wildman–Crippen MR) is 56.0 cm³/mol. The van der Waals surface area contributed by atoms with Crippen LogP contribution in [0.5, 0.6) is 0 Å². The fraction of sp³-hybridized carbons (Fsp3) is 0.556. The van der Waals surface area contributed by atoms with Crippen molar-refractivity contribution in [3.63, 3.8) is 0 Å². The Balaban J connectivity index is 0.000000671. The van der Waals surface area contributed by atoms with Crippen LogP contribution in [0, 0.1) is 0 Å². The quantitative estimate of drug-likeness (QED) is 0.813. The Morgan fingerprint density at radius 1 is 1.62 bits per heavy atom. The Morgan fingerprint density at radius 3 is 2.69 bits per heavy atom. The Labute approximate surface area is 83.0 Å². The molecular weight excluding hydrogens is 184 g/mol. The number of hydrogen-bond acceptors (Lipinski definition) is 3. The molecule has 1 rings (SSSR count). The first-order valence-corrected chi connectivity index (χ1v) is 5.35. The highest BCUT2D eigenvalue weighted by Gasteiger charge is 2.09. The molecule has 13 heavy (non-hydrogen) atoms. The van der Waals surface area contributed by atoms with Crippen molar-refractivity contribution in [1.29, 1.82) is 0 Å². The second kappa shape index (κ2) is 6.60. The summed E-state index contributed by atoms with van der Waals surface area (Å²) in [5.41, 5.74) is 7.19. The molecule has 0 atom stereocenters. The second-order valence-corrected chi connectivity index (χ2v) is 3.18. The predicted octanol–water partition coefficient (Wildman–Crippen LogP) is 2.22. The second-order valence-electron chi connectivity index (χ2n) is 2.24. The number of carbonyl (C=O) groups is 1. The zero-order valence-corrected chi connectivity index (χ0v) is 9.15. The smallest absolute Gasteiger partial charge is 0.268 e. The molecular formula is C9H16N2OS. The summed E-state index contributed by atoms with van der Waals surface area (Å²) in [6.45, 7) is 6.06. The highest BCUT2D eigenvalue weighted by atomic mass is 32.1. The Bertz CT molecular complexity index is 258. The lowest BCUT2D eigenvalue weighted by atomic mass is 10.2. The van der Waals surface area contributed by atoms with Gasteiger partial charge in [0.05, 0.1) is 5.51 Å². The lowest BCUT2D eigenvalue weighted by Crippen LogP contribution is -2.13. The van der Waals surface area contributed by atoms with E-state index in [0.29, 0.717) is 5.69 Å². The van der Waals surface area contributed by atoms with Gasteiger partial charge in [-0.15, -0.1) is 11.3 Å². The van der Waals surface area contributed by atoms with Crippen LogP contribution in [0.3, 0.4) is 0 Å². The summed E-state index contributed by atoms with van der Waals surface area (Å²) in [5.74, 6) is -0.422. The van der Waals surface area contributed by atoms with E-state index >= 15 is 0 Å². The molecule has 74 valence electrons. The summed E-state index contributed by atoms with van der Waals surface area (Å²) in [4.78, 5) is 15.6. The lowest BCUT2D eigenvalue weighted by Gasteiger charge is -1.93. The van der Waals surface area contributed by atoms with Crippen molar-refractivity contribution < 1.29 is 4.79 Å². The molecule has 3 nitrogen and oxygen atoms in total. The van der Waals surface area contributed by atoms with Crippen LogP contribution in [0.2, 0.25) is 0 Å². The maximum Gasteiger partial charge on any atom is 0.268 e. The molecule has 0 unspecified atom stereocenters. The van der Waals surface area contributed by atoms with Gasteiger partial charge in [-0.2, -0.15) is 0 Å². The molecule has 0 saturated heterocycles. The van der Waals surface area contributed by atoms with E-state index in [4.69, 9.17) is 5.73 Å². The van der Waals surface area contributed by atoms with Crippen molar-refractivity contribution in [2.45, 2.75) is 33.6 Å². The number of aryl methyl sites for hydroxylation is 1. The molecule has 1 heterocycles. The maximum atomic E-state index is 10.7. The first-order valence-electron chi connectivity index (χ1n) is 4.48. The normalized spacial score (nSPS) is 8.85. The van der Waals surface area contributed by atoms with Crippen LogP contribution in [0.15, 0.2) is 5.51 Å². The standard InChI is InChI=1S/C7H10N2OS.C2H6/c1-2-3-5-6(7(8)10)9-4-11-5;1-2/h4H,2-3H2,1H3,(H2,8,10);1-2H3. The van der Waals surface area contributed by atoms with Gasteiger partial charge in [-0.25, -0.2) is 4.98 Å². The van der Waals surface area contributed by atoms with E-state index in [0.717, 1.165) is 17.7 Å². The van der Waals surface area contributed by atoms with Gasteiger partial charge < -0.3 is 5.73 Å². The van der Waals surface area contributed by atoms with Gasteiger partial charge in [0.25, 0.3) is 5.91 Å². The minimum absolute atomic E-state index is 0.422. The highest BCUT2D eigenvalue weighted by Crippen LogP contribution is 2.14. The molecule has 0 fully saturated rings. The molecule has 0 aliphatic rings. The number of rotatable bonds is 3. The van der Waals surface area contributed by atoms with Gasteiger partial charge in [0.1, 0.15) is 5.69 Å². The Hall–Kier alpha value is -0.900. The van der Waals surface area contributed by atoms with Crippen molar-refractivity contribution in [3.05, 3.63) is 16.1 Å². The number of aromatic nitrogens is 1. The van der Waals surface area contributed by atoms with E-state index in [1.54, 1.807) is 5.51 Å². The van der Waals surface area contributed by atoms with E-state index in [2.05, 4.69) is 11.9 Å². The number of thiazole rings is 1. The summed E-state index contributed by atoms with van der Waals surface area (Å²) in [5, 5.41) is 0. The molecule has 0 aromatic carbocycles. The highest BCUT2D eigenvalue weighted by molar-refractivity contribution is 7.09. The molecule has 2 N–H and O–H groups in total. The Morgan fingerprint density at radius 2 is 2.23 bits per heavy atom. The first-order chi connectivity index (χ1) is 6.25. The van der Waals surface area contributed by atoms with Crippen LogP contribution in [0.4, 0.5) is 0 Å². The van der Waals surface area contributed by atoms with E-state index in [1.165, 1.54) is 11.3 Å². The van der Waals surface area contributed by atoms with Gasteiger partial charge in [-0.05, 0) is 6.42 Å². The van der Waals surface area contributed by atoms with Crippen LogP contribution < -0.4 is 5.73 Å². The first kappa shape index (κ1) is 12.1. The number of primary amides is 1. The largest absolute Gasteiger partial charge is 0.364 e. The minimum atomic E-state index is -0.422. The van der Waals surface area contributed by atoms with Crippen molar-refractivity contribution in [2.75, 3.05) is 0 Å². The molecule has 1 aromatic heterocycles. The molecule has 4 heteroatoms. The third-order valence-corrected chi connectivity index (χ3v) is 2.24. The number of nitrogens with two attached hydrogens (primary N) is 1. The van der Waals surface area contributed by atoms with Gasteiger partial charge in [0.2, 0.25) is 0 Å². The van der Waals surface area contributed by atoms with Gasteiger partial charge in [-0.1, -0.05) is 27.2 Å². The fourth-order valence-corrected chi connectivity index (χ4v) is 1.75. The monoisotopic (exact) mass is 200 g/mol. The average molecular weight is 200 g/mol. The third-order valence-electron chi connectivity index (χ3n) is 1.35. The average Bonchev–Trinajstić information content (AvgIpc) is 2.57. The molecule has 1 aromatic rings. The molecule has 0 saturated carbocycles. The molecule has 0 aliphatic carbocycles. The van der Waals surface area contributed by atoms with E-state index in [9.17, 15) is 4.79 Å². The van der Waals surface area contributed by atoms with Gasteiger partial charge in [0.15, 0.2) is 0 Å². The van der Waals surface area contributed by atoms with E-state index < -0.39 is 5.91 Å². The number of nitrogens with zero attached hydrogens (tertiary/aromatic N) is 1.